The van der Waals surface area contributed by atoms with E-state index in [2.05, 4.69) is 12.2 Å². The zero-order chi connectivity index (χ0) is 15.9. The maximum absolute atomic E-state index is 12.5. The number of likely N-dealkylation sites (tertiary alicyclic amines) is 1. The SMILES string of the molecule is CCC(C)Oc1ccc(C(=O)N2CCC(CNC)CC2)cc1.Cl. The van der Waals surface area contributed by atoms with Gasteiger partial charge in [0.15, 0.2) is 0 Å². The molecule has 0 bridgehead atoms. The van der Waals surface area contributed by atoms with Crippen molar-refractivity contribution in [1.82, 2.24) is 10.2 Å². The van der Waals surface area contributed by atoms with Crippen LogP contribution in [0.3, 0.4) is 0 Å². The van der Waals surface area contributed by atoms with Gasteiger partial charge in [0.25, 0.3) is 5.91 Å². The van der Waals surface area contributed by atoms with Crippen molar-refractivity contribution in [1.29, 1.82) is 0 Å². The highest BCUT2D eigenvalue weighted by molar-refractivity contribution is 5.94. The number of benzene rings is 1. The third-order valence-electron chi connectivity index (χ3n) is 4.41. The van der Waals surface area contributed by atoms with E-state index >= 15 is 0 Å². The van der Waals surface area contributed by atoms with Gasteiger partial charge in [0.2, 0.25) is 0 Å². The van der Waals surface area contributed by atoms with Crippen molar-refractivity contribution in [2.75, 3.05) is 26.7 Å². The third-order valence-corrected chi connectivity index (χ3v) is 4.41. The third kappa shape index (κ3) is 5.70. The fourth-order valence-electron chi connectivity index (χ4n) is 2.80. The molecule has 1 atom stereocenters. The number of piperidine rings is 1. The summed E-state index contributed by atoms with van der Waals surface area (Å²) in [5.41, 5.74) is 0.753. The van der Waals surface area contributed by atoms with Gasteiger partial charge >= 0.3 is 0 Å². The molecule has 1 N–H and O–H groups in total. The number of hydrogen-bond acceptors (Lipinski definition) is 3. The van der Waals surface area contributed by atoms with Crippen LogP contribution in [0.1, 0.15) is 43.5 Å². The van der Waals surface area contributed by atoms with E-state index in [0.29, 0.717) is 5.92 Å². The summed E-state index contributed by atoms with van der Waals surface area (Å²) >= 11 is 0. The van der Waals surface area contributed by atoms with Gasteiger partial charge in [-0.2, -0.15) is 0 Å². The molecule has 1 aliphatic rings. The summed E-state index contributed by atoms with van der Waals surface area (Å²) in [6, 6.07) is 7.54. The second kappa shape index (κ2) is 9.78. The topological polar surface area (TPSA) is 41.6 Å². The number of nitrogens with one attached hydrogen (secondary N) is 1. The van der Waals surface area contributed by atoms with Crippen LogP contribution >= 0.6 is 12.4 Å². The van der Waals surface area contributed by atoms with Crippen molar-refractivity contribution >= 4 is 18.3 Å². The molecule has 4 nitrogen and oxygen atoms in total. The maximum atomic E-state index is 12.5. The summed E-state index contributed by atoms with van der Waals surface area (Å²) in [7, 11) is 1.99. The highest BCUT2D eigenvalue weighted by atomic mass is 35.5. The monoisotopic (exact) mass is 340 g/mol. The number of carbonyl (C=O) groups is 1. The van der Waals surface area contributed by atoms with Crippen LogP contribution in [0.25, 0.3) is 0 Å². The first-order valence-electron chi connectivity index (χ1n) is 8.34. The molecule has 0 aromatic heterocycles. The summed E-state index contributed by atoms with van der Waals surface area (Å²) in [6.45, 7) is 6.91. The Morgan fingerprint density at radius 1 is 1.30 bits per heavy atom. The van der Waals surface area contributed by atoms with Crippen LogP contribution < -0.4 is 10.1 Å². The molecule has 2 rings (SSSR count). The van der Waals surface area contributed by atoms with Crippen molar-refractivity contribution in [2.45, 2.75) is 39.2 Å². The van der Waals surface area contributed by atoms with Gasteiger partial charge in [-0.1, -0.05) is 6.92 Å². The molecule has 1 aliphatic heterocycles. The second-order valence-corrected chi connectivity index (χ2v) is 6.15. The van der Waals surface area contributed by atoms with Crippen molar-refractivity contribution in [3.05, 3.63) is 29.8 Å². The normalized spacial score (nSPS) is 16.6. The lowest BCUT2D eigenvalue weighted by Gasteiger charge is -2.32. The van der Waals surface area contributed by atoms with Gasteiger partial charge in [-0.25, -0.2) is 0 Å². The van der Waals surface area contributed by atoms with Crippen LogP contribution in [-0.2, 0) is 0 Å². The van der Waals surface area contributed by atoms with E-state index in [1.807, 2.05) is 43.1 Å². The van der Waals surface area contributed by atoms with Crippen LogP contribution in [0.4, 0.5) is 0 Å². The van der Waals surface area contributed by atoms with Gasteiger partial charge in [-0.3, -0.25) is 4.79 Å². The van der Waals surface area contributed by atoms with E-state index in [4.69, 9.17) is 4.74 Å². The Kier molecular flexibility index (Phi) is 8.42. The molecule has 0 saturated carbocycles. The minimum Gasteiger partial charge on any atom is -0.491 e. The van der Waals surface area contributed by atoms with Crippen molar-refractivity contribution in [3.63, 3.8) is 0 Å². The van der Waals surface area contributed by atoms with Crippen molar-refractivity contribution < 1.29 is 9.53 Å². The lowest BCUT2D eigenvalue weighted by molar-refractivity contribution is 0.0691. The fourth-order valence-corrected chi connectivity index (χ4v) is 2.80. The standard InChI is InChI=1S/C18H28N2O2.ClH/c1-4-14(2)22-17-7-5-16(6-8-17)18(21)20-11-9-15(10-12-20)13-19-3;/h5-8,14-15,19H,4,9-13H2,1-3H3;1H. The van der Waals surface area contributed by atoms with Gasteiger partial charge in [-0.15, -0.1) is 12.4 Å². The summed E-state index contributed by atoms with van der Waals surface area (Å²) in [4.78, 5) is 14.5. The molecule has 1 heterocycles. The average Bonchev–Trinajstić information content (AvgIpc) is 2.56. The predicted octanol–water partition coefficient (Wildman–Crippen LogP) is 3.36. The molecule has 5 heteroatoms. The zero-order valence-corrected chi connectivity index (χ0v) is 15.2. The number of rotatable bonds is 6. The summed E-state index contributed by atoms with van der Waals surface area (Å²) in [5.74, 6) is 1.66. The lowest BCUT2D eigenvalue weighted by Crippen LogP contribution is -2.40. The number of hydrogen-bond donors (Lipinski definition) is 1. The molecule has 0 spiro atoms. The fraction of sp³-hybridized carbons (Fsp3) is 0.611. The molecular formula is C18H29ClN2O2. The van der Waals surface area contributed by atoms with Gasteiger partial charge in [-0.05, 0) is 70.0 Å². The molecule has 1 amide bonds. The van der Waals surface area contributed by atoms with E-state index in [1.54, 1.807) is 0 Å². The lowest BCUT2D eigenvalue weighted by atomic mass is 9.96. The first-order valence-corrected chi connectivity index (χ1v) is 8.34. The molecule has 1 aromatic carbocycles. The Balaban J connectivity index is 0.00000264. The Morgan fingerprint density at radius 2 is 1.91 bits per heavy atom. The highest BCUT2D eigenvalue weighted by Crippen LogP contribution is 2.20. The average molecular weight is 341 g/mol. The Labute approximate surface area is 146 Å². The number of ether oxygens (including phenoxy) is 1. The first-order chi connectivity index (χ1) is 10.6. The molecule has 0 aliphatic carbocycles. The second-order valence-electron chi connectivity index (χ2n) is 6.15. The first kappa shape index (κ1) is 19.8. The van der Waals surface area contributed by atoms with E-state index in [1.165, 1.54) is 0 Å². The number of amides is 1. The van der Waals surface area contributed by atoms with E-state index in [9.17, 15) is 4.79 Å². The molecule has 130 valence electrons. The van der Waals surface area contributed by atoms with E-state index < -0.39 is 0 Å². The maximum Gasteiger partial charge on any atom is 0.253 e. The predicted molar refractivity (Wildman–Crippen MR) is 96.6 cm³/mol. The van der Waals surface area contributed by atoms with Gasteiger partial charge in [0.05, 0.1) is 6.10 Å². The van der Waals surface area contributed by atoms with E-state index in [0.717, 1.165) is 50.2 Å². The molecule has 1 aromatic rings. The molecule has 1 fully saturated rings. The number of halogens is 1. The zero-order valence-electron chi connectivity index (χ0n) is 14.4. The molecule has 1 unspecified atom stereocenters. The van der Waals surface area contributed by atoms with Crippen molar-refractivity contribution in [2.24, 2.45) is 5.92 Å². The number of carbonyl (C=O) groups excluding carboxylic acids is 1. The van der Waals surface area contributed by atoms with Crippen LogP contribution in [0.15, 0.2) is 24.3 Å². The van der Waals surface area contributed by atoms with Crippen molar-refractivity contribution in [3.8, 4) is 5.75 Å². The minimum atomic E-state index is 0. The highest BCUT2D eigenvalue weighted by Gasteiger charge is 2.23. The minimum absolute atomic E-state index is 0. The Bertz CT molecular complexity index is 470. The number of nitrogens with zero attached hydrogens (tertiary/aromatic N) is 1. The van der Waals surface area contributed by atoms with Crippen LogP contribution in [0, 0.1) is 5.92 Å². The molecule has 1 saturated heterocycles. The van der Waals surface area contributed by atoms with E-state index in [-0.39, 0.29) is 24.4 Å². The summed E-state index contributed by atoms with van der Waals surface area (Å²) in [5, 5.41) is 3.22. The summed E-state index contributed by atoms with van der Waals surface area (Å²) in [6.07, 6.45) is 3.35. The van der Waals surface area contributed by atoms with Crippen LogP contribution in [0.2, 0.25) is 0 Å². The Hall–Kier alpha value is -1.26. The van der Waals surface area contributed by atoms with Gasteiger partial charge in [0.1, 0.15) is 5.75 Å². The molecule has 23 heavy (non-hydrogen) atoms. The smallest absolute Gasteiger partial charge is 0.253 e. The van der Waals surface area contributed by atoms with Gasteiger partial charge in [0, 0.05) is 18.7 Å². The Morgan fingerprint density at radius 3 is 2.43 bits per heavy atom. The quantitative estimate of drug-likeness (QED) is 0.863. The van der Waals surface area contributed by atoms with Crippen LogP contribution in [0.5, 0.6) is 5.75 Å². The van der Waals surface area contributed by atoms with Gasteiger partial charge < -0.3 is 15.0 Å². The molecular weight excluding hydrogens is 312 g/mol. The summed E-state index contributed by atoms with van der Waals surface area (Å²) < 4.78 is 5.75. The van der Waals surface area contributed by atoms with Crippen LogP contribution in [-0.4, -0.2) is 43.6 Å². The molecule has 0 radical (unpaired) electrons. The largest absolute Gasteiger partial charge is 0.491 e.